The van der Waals surface area contributed by atoms with E-state index in [1.165, 1.54) is 13.1 Å². The molecule has 1 heterocycles. The largest absolute Gasteiger partial charge is 0.355 e. The molecule has 21 heavy (non-hydrogen) atoms. The Labute approximate surface area is 127 Å². The lowest BCUT2D eigenvalue weighted by atomic mass is 10.3. The van der Waals surface area contributed by atoms with Crippen LogP contribution in [0.5, 0.6) is 0 Å². The fourth-order valence-corrected chi connectivity index (χ4v) is 1.82. The predicted octanol–water partition coefficient (Wildman–Crippen LogP) is 1.39. The van der Waals surface area contributed by atoms with E-state index >= 15 is 0 Å². The van der Waals surface area contributed by atoms with Crippen LogP contribution < -0.4 is 10.6 Å². The van der Waals surface area contributed by atoms with E-state index in [0.29, 0.717) is 23.7 Å². The Balaban J connectivity index is 1.94. The van der Waals surface area contributed by atoms with Crippen LogP contribution in [-0.2, 0) is 4.79 Å². The van der Waals surface area contributed by atoms with Gasteiger partial charge < -0.3 is 10.6 Å². The van der Waals surface area contributed by atoms with Crippen molar-refractivity contribution in [2.75, 3.05) is 13.1 Å². The van der Waals surface area contributed by atoms with Crippen LogP contribution in [0, 0.1) is 0 Å². The number of hydrogen-bond donors (Lipinski definition) is 2. The van der Waals surface area contributed by atoms with Crippen molar-refractivity contribution >= 4 is 23.4 Å². The second-order valence-electron chi connectivity index (χ2n) is 4.39. The highest BCUT2D eigenvalue weighted by molar-refractivity contribution is 6.30. The summed E-state index contributed by atoms with van der Waals surface area (Å²) >= 11 is 5.82. The first-order valence-corrected chi connectivity index (χ1v) is 6.77. The van der Waals surface area contributed by atoms with Gasteiger partial charge in [0.15, 0.2) is 0 Å². The van der Waals surface area contributed by atoms with Crippen LogP contribution >= 0.6 is 11.6 Å². The summed E-state index contributed by atoms with van der Waals surface area (Å²) in [5.41, 5.74) is 1.27. The van der Waals surface area contributed by atoms with Gasteiger partial charge in [-0.15, -0.1) is 0 Å². The van der Waals surface area contributed by atoms with Crippen LogP contribution in [0.4, 0.5) is 0 Å². The number of nitrogens with zero attached hydrogens (tertiary/aromatic N) is 2. The van der Waals surface area contributed by atoms with Gasteiger partial charge in [-0.25, -0.2) is 4.68 Å². The number of nitrogens with one attached hydrogen (secondary N) is 2. The van der Waals surface area contributed by atoms with Gasteiger partial charge in [-0.3, -0.25) is 9.59 Å². The fraction of sp³-hybridized carbons (Fsp3) is 0.214. The fourth-order valence-electron chi connectivity index (χ4n) is 1.69. The zero-order valence-electron chi connectivity index (χ0n) is 11.5. The minimum Gasteiger partial charge on any atom is -0.355 e. The normalized spacial score (nSPS) is 10.2. The van der Waals surface area contributed by atoms with E-state index in [2.05, 4.69) is 15.7 Å². The molecule has 0 aliphatic heterocycles. The summed E-state index contributed by atoms with van der Waals surface area (Å²) < 4.78 is 1.60. The summed E-state index contributed by atoms with van der Waals surface area (Å²) in [6.45, 7) is 2.19. The van der Waals surface area contributed by atoms with Crippen molar-refractivity contribution in [3.63, 3.8) is 0 Å². The van der Waals surface area contributed by atoms with E-state index in [4.69, 9.17) is 11.6 Å². The SMILES string of the molecule is CC(=O)NCCNC(=O)c1cnn(-c2ccc(Cl)cc2)c1. The average Bonchev–Trinajstić information content (AvgIpc) is 2.94. The molecule has 0 saturated carbocycles. The van der Waals surface area contributed by atoms with Gasteiger partial charge >= 0.3 is 0 Å². The molecule has 0 radical (unpaired) electrons. The summed E-state index contributed by atoms with van der Waals surface area (Å²) in [7, 11) is 0. The van der Waals surface area contributed by atoms with Gasteiger partial charge in [0.2, 0.25) is 5.91 Å². The molecule has 7 heteroatoms. The van der Waals surface area contributed by atoms with E-state index < -0.39 is 0 Å². The lowest BCUT2D eigenvalue weighted by Crippen LogP contribution is -2.33. The average molecular weight is 307 g/mol. The smallest absolute Gasteiger partial charge is 0.254 e. The molecule has 0 unspecified atom stereocenters. The summed E-state index contributed by atoms with van der Waals surface area (Å²) in [6, 6.07) is 7.14. The van der Waals surface area contributed by atoms with Crippen molar-refractivity contribution in [3.05, 3.63) is 47.2 Å². The third kappa shape index (κ3) is 4.32. The van der Waals surface area contributed by atoms with Gasteiger partial charge in [0, 0.05) is 31.2 Å². The maximum Gasteiger partial charge on any atom is 0.254 e. The zero-order valence-corrected chi connectivity index (χ0v) is 12.2. The lowest BCUT2D eigenvalue weighted by molar-refractivity contribution is -0.118. The Morgan fingerprint density at radius 1 is 1.19 bits per heavy atom. The quantitative estimate of drug-likeness (QED) is 0.820. The van der Waals surface area contributed by atoms with Crippen molar-refractivity contribution in [2.45, 2.75) is 6.92 Å². The number of hydrogen-bond acceptors (Lipinski definition) is 3. The Morgan fingerprint density at radius 2 is 1.86 bits per heavy atom. The Bertz CT molecular complexity index is 637. The van der Waals surface area contributed by atoms with Crippen LogP contribution in [0.2, 0.25) is 5.02 Å². The molecular weight excluding hydrogens is 292 g/mol. The molecule has 2 rings (SSSR count). The highest BCUT2D eigenvalue weighted by atomic mass is 35.5. The molecule has 0 bridgehead atoms. The van der Waals surface area contributed by atoms with Crippen LogP contribution in [0.25, 0.3) is 5.69 Å². The Kier molecular flexibility index (Phi) is 4.94. The monoisotopic (exact) mass is 306 g/mol. The first kappa shape index (κ1) is 15.1. The lowest BCUT2D eigenvalue weighted by Gasteiger charge is -2.04. The molecule has 6 nitrogen and oxygen atoms in total. The molecule has 2 aromatic rings. The maximum atomic E-state index is 11.9. The standard InChI is InChI=1S/C14H15ClN4O2/c1-10(20)16-6-7-17-14(21)11-8-18-19(9-11)13-4-2-12(15)3-5-13/h2-5,8-9H,6-7H2,1H3,(H,16,20)(H,17,21). The first-order valence-electron chi connectivity index (χ1n) is 6.39. The van der Waals surface area contributed by atoms with E-state index in [1.54, 1.807) is 23.0 Å². The van der Waals surface area contributed by atoms with Gasteiger partial charge in [0.05, 0.1) is 17.4 Å². The van der Waals surface area contributed by atoms with E-state index in [9.17, 15) is 9.59 Å². The minimum absolute atomic E-state index is 0.125. The minimum atomic E-state index is -0.236. The molecular formula is C14H15ClN4O2. The zero-order chi connectivity index (χ0) is 15.2. The van der Waals surface area contributed by atoms with Crippen molar-refractivity contribution in [2.24, 2.45) is 0 Å². The van der Waals surface area contributed by atoms with Crippen molar-refractivity contribution < 1.29 is 9.59 Å². The molecule has 0 fully saturated rings. The molecule has 0 saturated heterocycles. The van der Waals surface area contributed by atoms with Crippen molar-refractivity contribution in [3.8, 4) is 5.69 Å². The van der Waals surface area contributed by atoms with Gasteiger partial charge in [0.25, 0.3) is 5.91 Å². The topological polar surface area (TPSA) is 76.0 Å². The number of carbonyl (C=O) groups is 2. The number of amides is 2. The van der Waals surface area contributed by atoms with Crippen LogP contribution in [0.15, 0.2) is 36.7 Å². The summed E-state index contributed by atoms with van der Waals surface area (Å²) in [5.74, 6) is -0.361. The maximum absolute atomic E-state index is 11.9. The first-order chi connectivity index (χ1) is 10.1. The summed E-state index contributed by atoms with van der Waals surface area (Å²) in [5, 5.41) is 10.1. The second-order valence-corrected chi connectivity index (χ2v) is 4.83. The van der Waals surface area contributed by atoms with Gasteiger partial charge in [-0.1, -0.05) is 11.6 Å². The number of aromatic nitrogens is 2. The van der Waals surface area contributed by atoms with Crippen molar-refractivity contribution in [1.29, 1.82) is 0 Å². The molecule has 2 amide bonds. The molecule has 2 N–H and O–H groups in total. The van der Waals surface area contributed by atoms with E-state index in [-0.39, 0.29) is 11.8 Å². The number of rotatable bonds is 5. The predicted molar refractivity (Wildman–Crippen MR) is 79.6 cm³/mol. The number of benzene rings is 1. The van der Waals surface area contributed by atoms with Gasteiger partial charge in [0.1, 0.15) is 0 Å². The van der Waals surface area contributed by atoms with Crippen LogP contribution in [0.3, 0.4) is 0 Å². The Morgan fingerprint density at radius 3 is 2.52 bits per heavy atom. The Hall–Kier alpha value is -2.34. The van der Waals surface area contributed by atoms with Crippen molar-refractivity contribution in [1.82, 2.24) is 20.4 Å². The summed E-state index contributed by atoms with van der Waals surface area (Å²) in [4.78, 5) is 22.6. The molecule has 0 atom stereocenters. The second kappa shape index (κ2) is 6.90. The third-order valence-corrected chi connectivity index (χ3v) is 2.97. The van der Waals surface area contributed by atoms with Gasteiger partial charge in [-0.05, 0) is 24.3 Å². The molecule has 0 aliphatic carbocycles. The van der Waals surface area contributed by atoms with Crippen LogP contribution in [0.1, 0.15) is 17.3 Å². The molecule has 1 aromatic carbocycles. The number of carbonyl (C=O) groups excluding carboxylic acids is 2. The highest BCUT2D eigenvalue weighted by Crippen LogP contribution is 2.13. The molecule has 0 spiro atoms. The number of halogens is 1. The molecule has 1 aromatic heterocycles. The summed E-state index contributed by atoms with van der Waals surface area (Å²) in [6.07, 6.45) is 3.12. The molecule has 110 valence electrons. The highest BCUT2D eigenvalue weighted by Gasteiger charge is 2.08. The van der Waals surface area contributed by atoms with E-state index in [0.717, 1.165) is 5.69 Å². The van der Waals surface area contributed by atoms with Gasteiger partial charge in [-0.2, -0.15) is 5.10 Å². The van der Waals surface area contributed by atoms with Crippen LogP contribution in [-0.4, -0.2) is 34.7 Å². The van der Waals surface area contributed by atoms with E-state index in [1.807, 2.05) is 12.1 Å². The third-order valence-electron chi connectivity index (χ3n) is 2.72. The molecule has 0 aliphatic rings.